The number of carbonyl (C=O) groups is 4. The molecule has 0 aliphatic carbocycles. The molecule has 0 saturated carbocycles. The standard InChI is InChI=1S/C50H52N8O8/c1-63-49(61)55-42(29-8-4-3-5-9-29)47(59)57-20-6-10-40(57)46-52-27-39(54-46)33-13-15-35-34(25-33)28-66-44-36-16-14-32(24-31(36)12-17-37(35)44)38-26-51-45(53-38)41-11-7-21-58(41)48(60)43(56-50(62)64-2)30-18-22-65-23-19-30/h3-5,8-9,12-17,24-27,30,40-43H,6-7,10-11,18-23,28H2,1-2H3,(H,51,53)(H,52,54)(H,55,61)(H,56,62)/t40-,41-,42+,43?/m0/s1. The van der Waals surface area contributed by atoms with E-state index in [0.29, 0.717) is 63.0 Å². The van der Waals surface area contributed by atoms with Gasteiger partial charge in [-0.15, -0.1) is 0 Å². The quantitative estimate of drug-likeness (QED) is 0.106. The third-order valence-corrected chi connectivity index (χ3v) is 13.5. The van der Waals surface area contributed by atoms with E-state index in [1.54, 1.807) is 4.90 Å². The maximum absolute atomic E-state index is 14.1. The molecule has 6 heterocycles. The Balaban J connectivity index is 0.846. The molecule has 4 amide bonds. The summed E-state index contributed by atoms with van der Waals surface area (Å²) in [6.45, 7) is 2.62. The summed E-state index contributed by atoms with van der Waals surface area (Å²) in [5, 5.41) is 7.57. The first-order valence-corrected chi connectivity index (χ1v) is 22.6. The van der Waals surface area contributed by atoms with Crippen molar-refractivity contribution in [2.45, 2.75) is 69.3 Å². The molecule has 4 atom stereocenters. The Labute approximate surface area is 381 Å². The zero-order chi connectivity index (χ0) is 45.3. The predicted molar refractivity (Wildman–Crippen MR) is 244 cm³/mol. The van der Waals surface area contributed by atoms with Crippen molar-refractivity contribution in [3.05, 3.63) is 114 Å². The molecule has 0 spiro atoms. The number of aromatic nitrogens is 4. The van der Waals surface area contributed by atoms with Crippen LogP contribution in [0, 0.1) is 5.92 Å². The van der Waals surface area contributed by atoms with Gasteiger partial charge in [-0.05, 0) is 90.3 Å². The monoisotopic (exact) mass is 892 g/mol. The third kappa shape index (κ3) is 8.21. The molecule has 4 N–H and O–H groups in total. The lowest BCUT2D eigenvalue weighted by atomic mass is 9.90. The molecule has 2 aromatic heterocycles. The Morgan fingerprint density at radius 2 is 1.33 bits per heavy atom. The number of fused-ring (bicyclic) bond motifs is 5. The van der Waals surface area contributed by atoms with Crippen LogP contribution in [-0.2, 0) is 30.4 Å². The number of ether oxygens (including phenoxy) is 4. The highest BCUT2D eigenvalue weighted by Gasteiger charge is 2.41. The van der Waals surface area contributed by atoms with Gasteiger partial charge < -0.3 is 49.3 Å². The number of methoxy groups -OCH3 is 2. The summed E-state index contributed by atoms with van der Waals surface area (Å²) in [6.07, 6.45) is 6.85. The Kier molecular flexibility index (Phi) is 11.9. The van der Waals surface area contributed by atoms with Gasteiger partial charge in [-0.25, -0.2) is 19.6 Å². The third-order valence-electron chi connectivity index (χ3n) is 13.5. The zero-order valence-electron chi connectivity index (χ0n) is 36.9. The first-order valence-electron chi connectivity index (χ1n) is 22.6. The molecule has 3 saturated heterocycles. The van der Waals surface area contributed by atoms with Crippen LogP contribution in [-0.4, -0.2) is 100 Å². The maximum atomic E-state index is 14.1. The van der Waals surface area contributed by atoms with Crippen molar-refractivity contribution >= 4 is 34.8 Å². The van der Waals surface area contributed by atoms with Crippen LogP contribution in [0.25, 0.3) is 44.4 Å². The summed E-state index contributed by atoms with van der Waals surface area (Å²) in [5.41, 5.74) is 7.43. The van der Waals surface area contributed by atoms with E-state index >= 15 is 0 Å². The lowest BCUT2D eigenvalue weighted by molar-refractivity contribution is -0.137. The molecule has 10 rings (SSSR count). The largest absolute Gasteiger partial charge is 0.488 e. The molecular formula is C50H52N8O8. The number of benzene rings is 4. The number of H-pyrrole nitrogens is 2. The van der Waals surface area contributed by atoms with Crippen LogP contribution >= 0.6 is 0 Å². The Hall–Kier alpha value is -7.20. The second-order valence-electron chi connectivity index (χ2n) is 17.3. The molecule has 340 valence electrons. The number of imidazole rings is 2. The van der Waals surface area contributed by atoms with Crippen molar-refractivity contribution in [2.24, 2.45) is 5.92 Å². The fourth-order valence-corrected chi connectivity index (χ4v) is 10.1. The average Bonchev–Trinajstić information content (AvgIpc) is 4.22. The number of nitrogens with one attached hydrogen (secondary N) is 4. The smallest absolute Gasteiger partial charge is 0.407 e. The van der Waals surface area contributed by atoms with E-state index in [0.717, 1.165) is 81.4 Å². The van der Waals surface area contributed by atoms with Gasteiger partial charge in [0.15, 0.2) is 0 Å². The number of amides is 4. The fraction of sp³-hybridized carbons (Fsp3) is 0.360. The minimum absolute atomic E-state index is 0.0390. The number of aromatic amines is 2. The summed E-state index contributed by atoms with van der Waals surface area (Å²) < 4.78 is 21.8. The minimum Gasteiger partial charge on any atom is -0.488 e. The van der Waals surface area contributed by atoms with E-state index in [4.69, 9.17) is 28.9 Å². The molecule has 0 radical (unpaired) electrons. The number of hydrogen-bond acceptors (Lipinski definition) is 10. The number of hydrogen-bond donors (Lipinski definition) is 4. The molecule has 4 aliphatic rings. The van der Waals surface area contributed by atoms with Crippen LogP contribution in [0.1, 0.15) is 79.4 Å². The van der Waals surface area contributed by atoms with Gasteiger partial charge in [0.05, 0.1) is 50.1 Å². The maximum Gasteiger partial charge on any atom is 0.407 e. The van der Waals surface area contributed by atoms with Crippen LogP contribution in [0.15, 0.2) is 91.3 Å². The summed E-state index contributed by atoms with van der Waals surface area (Å²) in [4.78, 5) is 72.9. The van der Waals surface area contributed by atoms with Crippen molar-refractivity contribution in [2.75, 3.05) is 40.5 Å². The molecule has 1 unspecified atom stereocenters. The van der Waals surface area contributed by atoms with Crippen molar-refractivity contribution in [3.8, 4) is 39.4 Å². The van der Waals surface area contributed by atoms with Crippen LogP contribution in [0.3, 0.4) is 0 Å². The number of nitrogens with zero attached hydrogens (tertiary/aromatic N) is 4. The Morgan fingerprint density at radius 1 is 0.712 bits per heavy atom. The van der Waals surface area contributed by atoms with Crippen LogP contribution in [0.5, 0.6) is 5.75 Å². The lowest BCUT2D eigenvalue weighted by Gasteiger charge is -2.34. The summed E-state index contributed by atoms with van der Waals surface area (Å²) in [6, 6.07) is 23.9. The van der Waals surface area contributed by atoms with Gasteiger partial charge in [0, 0.05) is 42.8 Å². The molecule has 16 heteroatoms. The SMILES string of the molecule is COC(=O)NC(C(=O)N1CCC[C@H]1c1ncc(-c2ccc3c4c(ccc3c2)-c2ccc(-c3cnc([C@@H]5CCCN5C(=O)[C@H](NC(=O)OC)c5ccccc5)[nH]3)cc2CO4)[nH]1)C1CCOCC1. The second-order valence-corrected chi connectivity index (χ2v) is 17.3. The van der Waals surface area contributed by atoms with E-state index < -0.39 is 24.3 Å². The van der Waals surface area contributed by atoms with E-state index in [2.05, 4.69) is 69.1 Å². The molecule has 4 aliphatic heterocycles. The lowest BCUT2D eigenvalue weighted by Crippen LogP contribution is -2.53. The van der Waals surface area contributed by atoms with Gasteiger partial charge in [0.25, 0.3) is 5.91 Å². The molecule has 66 heavy (non-hydrogen) atoms. The van der Waals surface area contributed by atoms with Gasteiger partial charge in [0.1, 0.15) is 36.1 Å². The van der Waals surface area contributed by atoms with Gasteiger partial charge in [-0.2, -0.15) is 0 Å². The molecule has 0 bridgehead atoms. The number of likely N-dealkylation sites (tertiary alicyclic amines) is 2. The van der Waals surface area contributed by atoms with Crippen molar-refractivity contribution in [1.29, 1.82) is 0 Å². The van der Waals surface area contributed by atoms with E-state index in [1.807, 2.05) is 47.6 Å². The van der Waals surface area contributed by atoms with Gasteiger partial charge >= 0.3 is 12.2 Å². The van der Waals surface area contributed by atoms with Crippen LogP contribution in [0.4, 0.5) is 9.59 Å². The normalized spacial score (nSPS) is 19.1. The molecule has 16 nitrogen and oxygen atoms in total. The van der Waals surface area contributed by atoms with Crippen LogP contribution in [0.2, 0.25) is 0 Å². The number of rotatable bonds is 10. The first kappa shape index (κ1) is 42.7. The van der Waals surface area contributed by atoms with Crippen molar-refractivity contribution in [3.63, 3.8) is 0 Å². The van der Waals surface area contributed by atoms with Gasteiger partial charge in [-0.1, -0.05) is 60.7 Å². The molecule has 4 aromatic carbocycles. The van der Waals surface area contributed by atoms with E-state index in [1.165, 1.54) is 14.2 Å². The van der Waals surface area contributed by atoms with E-state index in [9.17, 15) is 19.2 Å². The second kappa shape index (κ2) is 18.4. The number of alkyl carbamates (subject to hydrolysis) is 2. The zero-order valence-corrected chi connectivity index (χ0v) is 36.9. The highest BCUT2D eigenvalue weighted by molar-refractivity contribution is 5.98. The fourth-order valence-electron chi connectivity index (χ4n) is 10.1. The summed E-state index contributed by atoms with van der Waals surface area (Å²) in [7, 11) is 2.59. The molecular weight excluding hydrogens is 841 g/mol. The minimum atomic E-state index is -0.893. The average molecular weight is 893 g/mol. The molecule has 6 aromatic rings. The van der Waals surface area contributed by atoms with Gasteiger partial charge in [-0.3, -0.25) is 9.59 Å². The Morgan fingerprint density at radius 3 is 2.02 bits per heavy atom. The molecule has 3 fully saturated rings. The summed E-state index contributed by atoms with van der Waals surface area (Å²) >= 11 is 0. The van der Waals surface area contributed by atoms with Gasteiger partial charge in [0.2, 0.25) is 5.91 Å². The topological polar surface area (TPSA) is 193 Å². The summed E-state index contributed by atoms with van der Waals surface area (Å²) in [5.74, 6) is 1.86. The predicted octanol–water partition coefficient (Wildman–Crippen LogP) is 7.75. The number of carbonyl (C=O) groups excluding carboxylic acids is 4. The van der Waals surface area contributed by atoms with Crippen LogP contribution < -0.4 is 15.4 Å². The van der Waals surface area contributed by atoms with Crippen molar-refractivity contribution in [1.82, 2.24) is 40.4 Å². The highest BCUT2D eigenvalue weighted by Crippen LogP contribution is 2.44. The van der Waals surface area contributed by atoms with E-state index in [-0.39, 0.29) is 29.8 Å². The van der Waals surface area contributed by atoms with Crippen molar-refractivity contribution < 1.29 is 38.1 Å². The Bertz CT molecular complexity index is 2780. The highest BCUT2D eigenvalue weighted by atomic mass is 16.5. The first-order chi connectivity index (χ1) is 32.3.